The zero-order valence-electron chi connectivity index (χ0n) is 16.3. The van der Waals surface area contributed by atoms with Crippen molar-refractivity contribution in [2.75, 3.05) is 25.0 Å². The molecule has 5 nitrogen and oxygen atoms in total. The van der Waals surface area contributed by atoms with E-state index >= 15 is 0 Å². The van der Waals surface area contributed by atoms with Crippen LogP contribution in [0.2, 0.25) is 5.02 Å². The van der Waals surface area contributed by atoms with Gasteiger partial charge in [-0.2, -0.15) is 0 Å². The number of carbonyl (C=O) groups is 1. The van der Waals surface area contributed by atoms with E-state index in [1.165, 1.54) is 0 Å². The summed E-state index contributed by atoms with van der Waals surface area (Å²) in [5.41, 5.74) is 1.89. The highest BCUT2D eigenvalue weighted by molar-refractivity contribution is 6.30. The van der Waals surface area contributed by atoms with Crippen LogP contribution in [-0.2, 0) is 11.3 Å². The minimum absolute atomic E-state index is 0.00619. The Morgan fingerprint density at radius 2 is 1.90 bits per heavy atom. The summed E-state index contributed by atoms with van der Waals surface area (Å²) in [6, 6.07) is 17.6. The number of likely N-dealkylation sites (tertiary alicyclic amines) is 1. The second-order valence-corrected chi connectivity index (χ2v) is 7.98. The van der Waals surface area contributed by atoms with Crippen LogP contribution in [0.5, 0.6) is 0 Å². The molecular weight excluding hydrogens is 384 g/mol. The van der Waals surface area contributed by atoms with Gasteiger partial charge in [0, 0.05) is 35.2 Å². The SMILES string of the molecule is O=C(CN1CCC(Cn2ccnc2-c2ccccc2)CC1)Nc1cccc(Cl)c1. The lowest BCUT2D eigenvalue weighted by Gasteiger charge is -2.31. The minimum atomic E-state index is 0.00619. The van der Waals surface area contributed by atoms with E-state index in [9.17, 15) is 4.79 Å². The van der Waals surface area contributed by atoms with Crippen LogP contribution in [0.15, 0.2) is 67.0 Å². The molecule has 3 aromatic rings. The number of hydrogen-bond donors (Lipinski definition) is 1. The average molecular weight is 409 g/mol. The van der Waals surface area contributed by atoms with Gasteiger partial charge in [-0.1, -0.05) is 48.0 Å². The first-order valence-corrected chi connectivity index (χ1v) is 10.4. The Hall–Kier alpha value is -2.63. The van der Waals surface area contributed by atoms with Crippen LogP contribution in [0.4, 0.5) is 5.69 Å². The number of hydrogen-bond acceptors (Lipinski definition) is 3. The Morgan fingerprint density at radius 1 is 1.10 bits per heavy atom. The van der Waals surface area contributed by atoms with Gasteiger partial charge in [0.05, 0.1) is 6.54 Å². The van der Waals surface area contributed by atoms with E-state index in [2.05, 4.69) is 38.1 Å². The predicted molar refractivity (Wildman–Crippen MR) is 117 cm³/mol. The molecule has 1 amide bonds. The molecule has 0 bridgehead atoms. The van der Waals surface area contributed by atoms with E-state index in [0.717, 1.165) is 49.6 Å². The summed E-state index contributed by atoms with van der Waals surface area (Å²) in [4.78, 5) is 19.1. The predicted octanol–water partition coefficient (Wildman–Crippen LogP) is 4.55. The van der Waals surface area contributed by atoms with Gasteiger partial charge in [-0.05, 0) is 50.0 Å². The van der Waals surface area contributed by atoms with Crippen molar-refractivity contribution >= 4 is 23.2 Å². The molecule has 1 fully saturated rings. The Labute approximate surface area is 176 Å². The van der Waals surface area contributed by atoms with Gasteiger partial charge in [0.1, 0.15) is 5.82 Å². The van der Waals surface area contributed by atoms with Crippen molar-refractivity contribution in [3.8, 4) is 11.4 Å². The van der Waals surface area contributed by atoms with E-state index in [1.54, 1.807) is 12.1 Å². The van der Waals surface area contributed by atoms with Crippen molar-refractivity contribution in [2.45, 2.75) is 19.4 Å². The van der Waals surface area contributed by atoms with Gasteiger partial charge in [0.15, 0.2) is 0 Å². The number of nitrogens with one attached hydrogen (secondary N) is 1. The number of anilines is 1. The molecule has 0 saturated carbocycles. The maximum atomic E-state index is 12.3. The lowest BCUT2D eigenvalue weighted by atomic mass is 9.96. The van der Waals surface area contributed by atoms with Crippen LogP contribution >= 0.6 is 11.6 Å². The first-order chi connectivity index (χ1) is 14.2. The van der Waals surface area contributed by atoms with E-state index in [-0.39, 0.29) is 5.91 Å². The van der Waals surface area contributed by atoms with Gasteiger partial charge in [0.25, 0.3) is 0 Å². The Morgan fingerprint density at radius 3 is 2.66 bits per heavy atom. The number of benzene rings is 2. The van der Waals surface area contributed by atoms with Crippen molar-refractivity contribution in [1.82, 2.24) is 14.5 Å². The van der Waals surface area contributed by atoms with Crippen molar-refractivity contribution in [3.63, 3.8) is 0 Å². The van der Waals surface area contributed by atoms with E-state index in [4.69, 9.17) is 11.6 Å². The Bertz CT molecular complexity index is 948. The van der Waals surface area contributed by atoms with Crippen LogP contribution < -0.4 is 5.32 Å². The minimum Gasteiger partial charge on any atom is -0.331 e. The molecule has 150 valence electrons. The van der Waals surface area contributed by atoms with E-state index < -0.39 is 0 Å². The maximum absolute atomic E-state index is 12.3. The van der Waals surface area contributed by atoms with Crippen LogP contribution in [0, 0.1) is 5.92 Å². The first kappa shape index (κ1) is 19.7. The van der Waals surface area contributed by atoms with Crippen molar-refractivity contribution < 1.29 is 4.79 Å². The van der Waals surface area contributed by atoms with E-state index in [0.29, 0.717) is 17.5 Å². The molecule has 1 saturated heterocycles. The highest BCUT2D eigenvalue weighted by Crippen LogP contribution is 2.23. The number of halogens is 1. The molecule has 1 aliphatic rings. The molecule has 0 aliphatic carbocycles. The molecule has 1 N–H and O–H groups in total. The fourth-order valence-corrected chi connectivity index (χ4v) is 4.07. The quantitative estimate of drug-likeness (QED) is 0.650. The number of aromatic nitrogens is 2. The summed E-state index contributed by atoms with van der Waals surface area (Å²) in [5, 5.41) is 3.55. The molecule has 0 radical (unpaired) electrons. The Kier molecular flexibility index (Phi) is 6.27. The second kappa shape index (κ2) is 9.25. The third-order valence-electron chi connectivity index (χ3n) is 5.39. The normalized spacial score (nSPS) is 15.3. The molecule has 0 atom stereocenters. The summed E-state index contributed by atoms with van der Waals surface area (Å²) in [6.45, 7) is 3.25. The molecule has 1 aliphatic heterocycles. The first-order valence-electron chi connectivity index (χ1n) is 10.0. The molecule has 0 unspecified atom stereocenters. The smallest absolute Gasteiger partial charge is 0.238 e. The molecule has 29 heavy (non-hydrogen) atoms. The molecular formula is C23H25ClN4O. The van der Waals surface area contributed by atoms with Gasteiger partial charge in [-0.15, -0.1) is 0 Å². The highest BCUT2D eigenvalue weighted by Gasteiger charge is 2.22. The topological polar surface area (TPSA) is 50.2 Å². The molecule has 1 aromatic heterocycles. The monoisotopic (exact) mass is 408 g/mol. The molecule has 4 rings (SSSR count). The van der Waals surface area contributed by atoms with Gasteiger partial charge in [-0.25, -0.2) is 4.98 Å². The van der Waals surface area contributed by atoms with Crippen LogP contribution in [0.1, 0.15) is 12.8 Å². The van der Waals surface area contributed by atoms with E-state index in [1.807, 2.05) is 36.5 Å². The fourth-order valence-electron chi connectivity index (χ4n) is 3.88. The molecule has 2 aromatic carbocycles. The number of nitrogens with zero attached hydrogens (tertiary/aromatic N) is 3. The highest BCUT2D eigenvalue weighted by atomic mass is 35.5. The van der Waals surface area contributed by atoms with Crippen LogP contribution in [0.3, 0.4) is 0 Å². The van der Waals surface area contributed by atoms with Gasteiger partial charge in [-0.3, -0.25) is 9.69 Å². The largest absolute Gasteiger partial charge is 0.331 e. The number of piperidine rings is 1. The zero-order chi connectivity index (χ0) is 20.1. The third-order valence-corrected chi connectivity index (χ3v) is 5.62. The molecule has 0 spiro atoms. The van der Waals surface area contributed by atoms with Crippen molar-refractivity contribution in [3.05, 3.63) is 72.0 Å². The standard InChI is InChI=1S/C23H25ClN4O/c24-20-7-4-8-21(15-20)26-22(29)17-27-12-9-18(10-13-27)16-28-14-11-25-23(28)19-5-2-1-3-6-19/h1-8,11,14-15,18H,9-10,12-13,16-17H2,(H,26,29). The summed E-state index contributed by atoms with van der Waals surface area (Å²) in [7, 11) is 0. The fraction of sp³-hybridized carbons (Fsp3) is 0.304. The number of imidazole rings is 1. The van der Waals surface area contributed by atoms with Crippen LogP contribution in [-0.4, -0.2) is 40.0 Å². The van der Waals surface area contributed by atoms with Gasteiger partial charge >= 0.3 is 0 Å². The molecule has 2 heterocycles. The van der Waals surface area contributed by atoms with Crippen molar-refractivity contribution in [2.24, 2.45) is 5.92 Å². The van der Waals surface area contributed by atoms with Crippen molar-refractivity contribution in [1.29, 1.82) is 0 Å². The number of rotatable bonds is 6. The van der Waals surface area contributed by atoms with Gasteiger partial charge in [0.2, 0.25) is 5.91 Å². The summed E-state index contributed by atoms with van der Waals surface area (Å²) in [6.07, 6.45) is 6.10. The van der Waals surface area contributed by atoms with Crippen LogP contribution in [0.25, 0.3) is 11.4 Å². The third kappa shape index (κ3) is 5.25. The number of amides is 1. The summed E-state index contributed by atoms with van der Waals surface area (Å²) in [5.74, 6) is 1.62. The summed E-state index contributed by atoms with van der Waals surface area (Å²) >= 11 is 5.98. The second-order valence-electron chi connectivity index (χ2n) is 7.55. The maximum Gasteiger partial charge on any atom is 0.238 e. The summed E-state index contributed by atoms with van der Waals surface area (Å²) < 4.78 is 2.25. The Balaban J connectivity index is 1.27. The lowest BCUT2D eigenvalue weighted by molar-refractivity contribution is -0.117. The number of carbonyl (C=O) groups excluding carboxylic acids is 1. The molecule has 6 heteroatoms. The lowest BCUT2D eigenvalue weighted by Crippen LogP contribution is -2.40. The zero-order valence-corrected chi connectivity index (χ0v) is 17.1. The van der Waals surface area contributed by atoms with Gasteiger partial charge < -0.3 is 9.88 Å². The average Bonchev–Trinajstić information content (AvgIpc) is 3.18.